The van der Waals surface area contributed by atoms with Crippen molar-refractivity contribution in [1.29, 1.82) is 10.5 Å². The molecule has 0 fully saturated rings. The monoisotopic (exact) mass is 260 g/mol. The Bertz CT molecular complexity index is 817. The summed E-state index contributed by atoms with van der Waals surface area (Å²) in [5.41, 5.74) is 0. The van der Waals surface area contributed by atoms with Crippen molar-refractivity contribution in [1.82, 2.24) is 0 Å². The summed E-state index contributed by atoms with van der Waals surface area (Å²) in [5.74, 6) is 1.01. The van der Waals surface area contributed by atoms with Gasteiger partial charge in [0.25, 0.3) is 12.5 Å². The van der Waals surface area contributed by atoms with E-state index in [1.54, 1.807) is 36.8 Å². The molecule has 0 saturated heterocycles. The maximum atomic E-state index is 8.54. The largest absolute Gasteiger partial charge is 0.388 e. The summed E-state index contributed by atoms with van der Waals surface area (Å²) in [4.78, 5) is 0. The normalized spacial score (nSPS) is 9.90. The van der Waals surface area contributed by atoms with Crippen LogP contribution in [0.2, 0.25) is 0 Å². The molecular formula is C16H8N2O2. The SMILES string of the molecule is N#COc1ccc2cc3ccc(OC#N)cc3cc2c1. The molecule has 0 atom stereocenters. The molecule has 0 aliphatic rings. The highest BCUT2D eigenvalue weighted by atomic mass is 16.5. The van der Waals surface area contributed by atoms with Crippen molar-refractivity contribution in [2.75, 3.05) is 0 Å². The zero-order valence-corrected chi connectivity index (χ0v) is 10.3. The Morgan fingerprint density at radius 2 is 1.05 bits per heavy atom. The van der Waals surface area contributed by atoms with Crippen molar-refractivity contribution in [3.8, 4) is 24.0 Å². The molecule has 0 aliphatic heterocycles. The highest BCUT2D eigenvalue weighted by Gasteiger charge is 2.02. The van der Waals surface area contributed by atoms with Crippen LogP contribution in [0.25, 0.3) is 21.5 Å². The Kier molecular flexibility index (Phi) is 2.84. The Balaban J connectivity index is 2.20. The van der Waals surface area contributed by atoms with Gasteiger partial charge in [0.2, 0.25) is 0 Å². The van der Waals surface area contributed by atoms with E-state index in [4.69, 9.17) is 20.0 Å². The Morgan fingerprint density at radius 1 is 0.600 bits per heavy atom. The number of benzene rings is 3. The fourth-order valence-corrected chi connectivity index (χ4v) is 2.19. The fraction of sp³-hybridized carbons (Fsp3) is 0. The van der Waals surface area contributed by atoms with E-state index in [0.717, 1.165) is 21.5 Å². The van der Waals surface area contributed by atoms with Crippen LogP contribution in [0.4, 0.5) is 0 Å². The van der Waals surface area contributed by atoms with Gasteiger partial charge in [-0.25, -0.2) is 0 Å². The van der Waals surface area contributed by atoms with E-state index in [-0.39, 0.29) is 0 Å². The lowest BCUT2D eigenvalue weighted by molar-refractivity contribution is 0.508. The molecule has 0 amide bonds. The summed E-state index contributed by atoms with van der Waals surface area (Å²) >= 11 is 0. The molecule has 4 heteroatoms. The van der Waals surface area contributed by atoms with Crippen molar-refractivity contribution >= 4 is 21.5 Å². The smallest absolute Gasteiger partial charge is 0.292 e. The summed E-state index contributed by atoms with van der Waals surface area (Å²) in [6, 6.07) is 14.9. The second-order valence-corrected chi connectivity index (χ2v) is 4.26. The lowest BCUT2D eigenvalue weighted by atomic mass is 10.0. The predicted molar refractivity (Wildman–Crippen MR) is 73.9 cm³/mol. The molecule has 4 nitrogen and oxygen atoms in total. The molecule has 3 aromatic carbocycles. The fourth-order valence-electron chi connectivity index (χ4n) is 2.19. The van der Waals surface area contributed by atoms with Crippen molar-refractivity contribution in [3.05, 3.63) is 48.5 Å². The molecule has 0 aliphatic carbocycles. The van der Waals surface area contributed by atoms with Crippen LogP contribution in [0.5, 0.6) is 11.5 Å². The van der Waals surface area contributed by atoms with Gasteiger partial charge in [-0.05, 0) is 57.9 Å². The second-order valence-electron chi connectivity index (χ2n) is 4.26. The van der Waals surface area contributed by atoms with Gasteiger partial charge in [-0.3, -0.25) is 0 Å². The molecule has 3 aromatic rings. The number of ether oxygens (including phenoxy) is 2. The average molecular weight is 260 g/mol. The molecule has 0 bridgehead atoms. The van der Waals surface area contributed by atoms with Gasteiger partial charge in [0.15, 0.2) is 0 Å². The highest BCUT2D eigenvalue weighted by molar-refractivity contribution is 5.99. The van der Waals surface area contributed by atoms with Crippen LogP contribution in [-0.2, 0) is 0 Å². The van der Waals surface area contributed by atoms with Crippen LogP contribution in [-0.4, -0.2) is 0 Å². The number of nitriles is 2. The Labute approximate surface area is 115 Å². The number of rotatable bonds is 2. The van der Waals surface area contributed by atoms with E-state index in [1.165, 1.54) is 0 Å². The quantitative estimate of drug-likeness (QED) is 0.520. The minimum absolute atomic E-state index is 0.503. The van der Waals surface area contributed by atoms with E-state index >= 15 is 0 Å². The minimum atomic E-state index is 0.503. The number of nitrogens with zero attached hydrogens (tertiary/aromatic N) is 2. The lowest BCUT2D eigenvalue weighted by Gasteiger charge is -2.05. The first-order valence-electron chi connectivity index (χ1n) is 5.89. The zero-order chi connectivity index (χ0) is 13.9. The maximum Gasteiger partial charge on any atom is 0.292 e. The summed E-state index contributed by atoms with van der Waals surface area (Å²) in [6.07, 6.45) is 3.31. The Morgan fingerprint density at radius 3 is 1.50 bits per heavy atom. The molecule has 0 radical (unpaired) electrons. The summed E-state index contributed by atoms with van der Waals surface area (Å²) in [7, 11) is 0. The van der Waals surface area contributed by atoms with Gasteiger partial charge >= 0.3 is 0 Å². The van der Waals surface area contributed by atoms with Gasteiger partial charge in [-0.1, -0.05) is 12.1 Å². The molecule has 0 unspecified atom stereocenters. The zero-order valence-electron chi connectivity index (χ0n) is 10.3. The first-order chi connectivity index (χ1) is 9.80. The van der Waals surface area contributed by atoms with Gasteiger partial charge in [0.1, 0.15) is 11.5 Å². The van der Waals surface area contributed by atoms with Gasteiger partial charge in [0, 0.05) is 0 Å². The van der Waals surface area contributed by atoms with Crippen LogP contribution in [0.3, 0.4) is 0 Å². The van der Waals surface area contributed by atoms with Crippen LogP contribution in [0, 0.1) is 23.0 Å². The van der Waals surface area contributed by atoms with Gasteiger partial charge in [-0.2, -0.15) is 0 Å². The number of hydrogen-bond donors (Lipinski definition) is 0. The van der Waals surface area contributed by atoms with Gasteiger partial charge < -0.3 is 9.47 Å². The molecule has 20 heavy (non-hydrogen) atoms. The predicted octanol–water partition coefficient (Wildman–Crippen LogP) is 3.71. The van der Waals surface area contributed by atoms with Crippen LogP contribution < -0.4 is 9.47 Å². The molecule has 0 saturated carbocycles. The molecule has 94 valence electrons. The average Bonchev–Trinajstić information content (AvgIpc) is 2.46. The summed E-state index contributed by atoms with van der Waals surface area (Å²) in [6.45, 7) is 0. The van der Waals surface area contributed by atoms with Gasteiger partial charge in [-0.15, -0.1) is 10.5 Å². The molecule has 0 N–H and O–H groups in total. The van der Waals surface area contributed by atoms with Crippen molar-refractivity contribution in [2.45, 2.75) is 0 Å². The molecule has 3 rings (SSSR count). The third-order valence-corrected chi connectivity index (χ3v) is 3.07. The minimum Gasteiger partial charge on any atom is -0.388 e. The first kappa shape index (κ1) is 11.8. The number of hydrogen-bond acceptors (Lipinski definition) is 4. The lowest BCUT2D eigenvalue weighted by Crippen LogP contribution is -1.84. The second kappa shape index (κ2) is 4.79. The molecule has 0 spiro atoms. The molecule has 0 heterocycles. The van der Waals surface area contributed by atoms with E-state index in [0.29, 0.717) is 11.5 Å². The van der Waals surface area contributed by atoms with E-state index in [2.05, 4.69) is 0 Å². The van der Waals surface area contributed by atoms with Crippen LogP contribution in [0.1, 0.15) is 0 Å². The van der Waals surface area contributed by atoms with E-state index < -0.39 is 0 Å². The van der Waals surface area contributed by atoms with Crippen molar-refractivity contribution < 1.29 is 9.47 Å². The molecular weight excluding hydrogens is 252 g/mol. The third-order valence-electron chi connectivity index (χ3n) is 3.07. The van der Waals surface area contributed by atoms with Gasteiger partial charge in [0.05, 0.1) is 0 Å². The topological polar surface area (TPSA) is 66.0 Å². The maximum absolute atomic E-state index is 8.54. The van der Waals surface area contributed by atoms with E-state index in [1.807, 2.05) is 24.3 Å². The van der Waals surface area contributed by atoms with Crippen LogP contribution >= 0.6 is 0 Å². The summed E-state index contributed by atoms with van der Waals surface area (Å²) in [5, 5.41) is 21.1. The Hall–Kier alpha value is -3.24. The first-order valence-corrected chi connectivity index (χ1v) is 5.89. The number of fused-ring (bicyclic) bond motifs is 2. The van der Waals surface area contributed by atoms with Crippen LogP contribution in [0.15, 0.2) is 48.5 Å². The highest BCUT2D eigenvalue weighted by Crippen LogP contribution is 2.28. The van der Waals surface area contributed by atoms with Crippen molar-refractivity contribution in [2.24, 2.45) is 0 Å². The van der Waals surface area contributed by atoms with Crippen molar-refractivity contribution in [3.63, 3.8) is 0 Å². The summed E-state index contributed by atoms with van der Waals surface area (Å²) < 4.78 is 9.65. The molecule has 0 aromatic heterocycles. The standard InChI is InChI=1S/C16H8N2O2/c17-9-19-15-3-1-11-5-12-2-4-16(20-10-18)8-14(12)6-13(11)7-15/h1-8H. The van der Waals surface area contributed by atoms with E-state index in [9.17, 15) is 0 Å². The third kappa shape index (κ3) is 2.07.